The number of rotatable bonds is 4. The molecule has 0 aliphatic carbocycles. The van der Waals surface area contributed by atoms with Crippen LogP contribution in [0.3, 0.4) is 0 Å². The monoisotopic (exact) mass is 396 g/mol. The second-order valence-corrected chi connectivity index (χ2v) is 7.45. The average molecular weight is 396 g/mol. The van der Waals surface area contributed by atoms with Gasteiger partial charge in [0.2, 0.25) is 0 Å². The molecule has 0 spiro atoms. The van der Waals surface area contributed by atoms with Gasteiger partial charge in [-0.05, 0) is 43.2 Å². The molecule has 0 bridgehead atoms. The molecule has 150 valence electrons. The third-order valence-electron chi connectivity index (χ3n) is 5.68. The van der Waals surface area contributed by atoms with Crippen molar-refractivity contribution in [3.05, 3.63) is 77.8 Å². The fraction of sp³-hybridized carbons (Fsp3) is 0.333. The maximum Gasteiger partial charge on any atom is 0.146 e. The number of nitrogens with zero attached hydrogens (tertiary/aromatic N) is 5. The van der Waals surface area contributed by atoms with E-state index in [1.54, 1.807) is 6.33 Å². The van der Waals surface area contributed by atoms with E-state index < -0.39 is 5.82 Å². The molecule has 0 amide bonds. The van der Waals surface area contributed by atoms with Gasteiger partial charge in [0.25, 0.3) is 0 Å². The second-order valence-electron chi connectivity index (χ2n) is 7.45. The van der Waals surface area contributed by atoms with Gasteiger partial charge in [0, 0.05) is 49.7 Å². The molecule has 1 aromatic heterocycles. The standard InChI is InChI=1S/C21H22F2N6/c22-15-3-4-18(23)17(12-15)19-2-1-8-28(19)20-7-11-29-21(26-20)6-10-27(29)9-5-16-13-24-14-25-16/h3-4,6-7,11-14,19H,1-2,5,8-10H2,(H,24,25)/t19-/m1/s1. The predicted molar refractivity (Wildman–Crippen MR) is 105 cm³/mol. The highest BCUT2D eigenvalue weighted by Crippen LogP contribution is 2.35. The van der Waals surface area contributed by atoms with Crippen molar-refractivity contribution in [2.45, 2.75) is 25.3 Å². The van der Waals surface area contributed by atoms with Gasteiger partial charge in [0.05, 0.1) is 12.4 Å². The van der Waals surface area contributed by atoms with Crippen LogP contribution >= 0.6 is 0 Å². The Balaban J connectivity index is 1.31. The third-order valence-corrected chi connectivity index (χ3v) is 5.68. The van der Waals surface area contributed by atoms with Crippen LogP contribution in [0.15, 0.2) is 59.9 Å². The molecule has 1 atom stereocenters. The van der Waals surface area contributed by atoms with E-state index in [1.165, 1.54) is 12.1 Å². The van der Waals surface area contributed by atoms with E-state index in [9.17, 15) is 8.78 Å². The number of aliphatic imine (C=N–C) groups is 1. The van der Waals surface area contributed by atoms with Gasteiger partial charge in [-0.3, -0.25) is 5.01 Å². The van der Waals surface area contributed by atoms with Gasteiger partial charge in [-0.15, -0.1) is 0 Å². The Morgan fingerprint density at radius 2 is 2.17 bits per heavy atom. The first-order chi connectivity index (χ1) is 14.2. The quantitative estimate of drug-likeness (QED) is 0.861. The minimum absolute atomic E-state index is 0.195. The number of amidine groups is 1. The Morgan fingerprint density at radius 1 is 1.24 bits per heavy atom. The number of H-pyrrole nitrogens is 1. The zero-order valence-electron chi connectivity index (χ0n) is 15.9. The molecule has 1 fully saturated rings. The smallest absolute Gasteiger partial charge is 0.146 e. The summed E-state index contributed by atoms with van der Waals surface area (Å²) in [6, 6.07) is 3.48. The Morgan fingerprint density at radius 3 is 3.03 bits per heavy atom. The molecular weight excluding hydrogens is 374 g/mol. The molecule has 5 rings (SSSR count). The zero-order valence-corrected chi connectivity index (χ0v) is 15.9. The Labute approximate surface area is 167 Å². The first-order valence-corrected chi connectivity index (χ1v) is 9.89. The lowest BCUT2D eigenvalue weighted by atomic mass is 10.0. The normalized spacial score (nSPS) is 21.5. The summed E-state index contributed by atoms with van der Waals surface area (Å²) in [6.07, 6.45) is 12.2. The molecule has 3 aliphatic heterocycles. The molecule has 2 aromatic rings. The van der Waals surface area contributed by atoms with Crippen LogP contribution in [0.5, 0.6) is 0 Å². The van der Waals surface area contributed by atoms with Crippen molar-refractivity contribution in [1.82, 2.24) is 24.9 Å². The SMILES string of the molecule is Fc1ccc(F)c([C@H]2CCCN2C2=NC3=CCN(CCc4cnc[nH]4)N3C=C2)c1. The summed E-state index contributed by atoms with van der Waals surface area (Å²) in [4.78, 5) is 14.1. The van der Waals surface area contributed by atoms with Crippen molar-refractivity contribution < 1.29 is 8.78 Å². The van der Waals surface area contributed by atoms with Gasteiger partial charge in [0.1, 0.15) is 23.3 Å². The number of benzene rings is 1. The highest BCUT2D eigenvalue weighted by atomic mass is 19.1. The molecule has 1 N–H and O–H groups in total. The van der Waals surface area contributed by atoms with E-state index in [1.807, 2.05) is 23.5 Å². The summed E-state index contributed by atoms with van der Waals surface area (Å²) in [5.74, 6) is 0.897. The molecule has 0 radical (unpaired) electrons. The molecule has 3 aliphatic rings. The van der Waals surface area contributed by atoms with Crippen molar-refractivity contribution in [2.24, 2.45) is 4.99 Å². The van der Waals surface area contributed by atoms with Gasteiger partial charge < -0.3 is 9.88 Å². The number of aromatic amines is 1. The van der Waals surface area contributed by atoms with Crippen LogP contribution in [-0.2, 0) is 6.42 Å². The first kappa shape index (κ1) is 18.1. The number of fused-ring (bicyclic) bond motifs is 1. The largest absolute Gasteiger partial charge is 0.349 e. The number of nitrogens with one attached hydrogen (secondary N) is 1. The summed E-state index contributed by atoms with van der Waals surface area (Å²) < 4.78 is 28.1. The topological polar surface area (TPSA) is 50.8 Å². The van der Waals surface area contributed by atoms with E-state index in [0.717, 1.165) is 62.3 Å². The summed E-state index contributed by atoms with van der Waals surface area (Å²) in [7, 11) is 0. The second kappa shape index (κ2) is 7.44. The van der Waals surface area contributed by atoms with Crippen LogP contribution in [0.1, 0.15) is 30.1 Å². The highest BCUT2D eigenvalue weighted by molar-refractivity contribution is 5.95. The molecule has 1 saturated heterocycles. The van der Waals surface area contributed by atoms with E-state index in [0.29, 0.717) is 5.56 Å². The van der Waals surface area contributed by atoms with Crippen molar-refractivity contribution in [3.8, 4) is 0 Å². The first-order valence-electron chi connectivity index (χ1n) is 9.89. The summed E-state index contributed by atoms with van der Waals surface area (Å²) in [5, 5.41) is 4.26. The van der Waals surface area contributed by atoms with Crippen LogP contribution in [0, 0.1) is 11.6 Å². The molecule has 29 heavy (non-hydrogen) atoms. The number of aromatic nitrogens is 2. The molecule has 0 saturated carbocycles. The van der Waals surface area contributed by atoms with Crippen LogP contribution in [0.4, 0.5) is 8.78 Å². The zero-order chi connectivity index (χ0) is 19.8. The van der Waals surface area contributed by atoms with Crippen LogP contribution in [0.2, 0.25) is 0 Å². The number of hydrogen-bond acceptors (Lipinski definition) is 5. The number of hydrogen-bond donors (Lipinski definition) is 1. The summed E-state index contributed by atoms with van der Waals surface area (Å²) in [5.41, 5.74) is 1.50. The minimum atomic E-state index is -0.410. The molecule has 6 nitrogen and oxygen atoms in total. The van der Waals surface area contributed by atoms with Crippen molar-refractivity contribution in [1.29, 1.82) is 0 Å². The van der Waals surface area contributed by atoms with Gasteiger partial charge in [-0.1, -0.05) is 0 Å². The van der Waals surface area contributed by atoms with E-state index in [4.69, 9.17) is 4.99 Å². The van der Waals surface area contributed by atoms with Crippen molar-refractivity contribution in [2.75, 3.05) is 19.6 Å². The number of halogens is 2. The molecule has 8 heteroatoms. The van der Waals surface area contributed by atoms with Gasteiger partial charge in [0.15, 0.2) is 0 Å². The Kier molecular flexibility index (Phi) is 4.63. The molecule has 0 unspecified atom stereocenters. The van der Waals surface area contributed by atoms with Crippen LogP contribution in [0.25, 0.3) is 0 Å². The van der Waals surface area contributed by atoms with Crippen molar-refractivity contribution >= 4 is 5.84 Å². The van der Waals surface area contributed by atoms with Gasteiger partial charge in [-0.2, -0.15) is 0 Å². The predicted octanol–water partition coefficient (Wildman–Crippen LogP) is 3.37. The van der Waals surface area contributed by atoms with E-state index in [-0.39, 0.29) is 11.9 Å². The fourth-order valence-electron chi connectivity index (χ4n) is 4.24. The lowest BCUT2D eigenvalue weighted by Gasteiger charge is -2.33. The van der Waals surface area contributed by atoms with Crippen molar-refractivity contribution in [3.63, 3.8) is 0 Å². The maximum atomic E-state index is 14.3. The number of hydrazine groups is 1. The van der Waals surface area contributed by atoms with Gasteiger partial charge in [-0.25, -0.2) is 23.8 Å². The fourth-order valence-corrected chi connectivity index (χ4v) is 4.24. The van der Waals surface area contributed by atoms with Gasteiger partial charge >= 0.3 is 0 Å². The Bertz CT molecular complexity index is 981. The summed E-state index contributed by atoms with van der Waals surface area (Å²) in [6.45, 7) is 2.41. The minimum Gasteiger partial charge on any atom is -0.349 e. The number of imidazole rings is 1. The molecule has 4 heterocycles. The lowest BCUT2D eigenvalue weighted by molar-refractivity contribution is 0.0897. The van der Waals surface area contributed by atoms with E-state index in [2.05, 4.69) is 26.0 Å². The summed E-state index contributed by atoms with van der Waals surface area (Å²) >= 11 is 0. The van der Waals surface area contributed by atoms with E-state index >= 15 is 0 Å². The molecule has 1 aromatic carbocycles. The van der Waals surface area contributed by atoms with Crippen LogP contribution in [-0.4, -0.2) is 50.4 Å². The average Bonchev–Trinajstić information content (AvgIpc) is 3.48. The third kappa shape index (κ3) is 3.44. The maximum absolute atomic E-state index is 14.3. The Hall–Kier alpha value is -3.00. The lowest BCUT2D eigenvalue weighted by Crippen LogP contribution is -2.38. The number of likely N-dealkylation sites (tertiary alicyclic amines) is 1. The molecular formula is C21H22F2N6. The highest BCUT2D eigenvalue weighted by Gasteiger charge is 2.33. The van der Waals surface area contributed by atoms with Crippen LogP contribution < -0.4 is 0 Å².